The van der Waals surface area contributed by atoms with Crippen molar-refractivity contribution < 1.29 is 4.79 Å². The molecular formula is C14H22BrN3OS. The fourth-order valence-corrected chi connectivity index (χ4v) is 4.13. The first-order valence-electron chi connectivity index (χ1n) is 7.05. The number of thioether (sulfide) groups is 1. The number of Topliss-reactive ketones (excluding diaryl/α,β-unsaturated/α-hetero) is 1. The summed E-state index contributed by atoms with van der Waals surface area (Å²) in [6, 6.07) is 0. The Morgan fingerprint density at radius 1 is 1.50 bits per heavy atom. The van der Waals surface area contributed by atoms with Crippen LogP contribution in [0.2, 0.25) is 0 Å². The van der Waals surface area contributed by atoms with Gasteiger partial charge in [0.2, 0.25) is 0 Å². The van der Waals surface area contributed by atoms with E-state index in [0.717, 1.165) is 23.3 Å². The first-order chi connectivity index (χ1) is 9.58. The Balaban J connectivity index is 2.02. The highest BCUT2D eigenvalue weighted by Gasteiger charge is 2.22. The number of hydrogen-bond acceptors (Lipinski definition) is 4. The largest absolute Gasteiger partial charge is 0.308 e. The SMILES string of the molecule is CN(C)CCn1ncc(Br)c1C(=O)CC1CCSCC1. The van der Waals surface area contributed by atoms with Crippen molar-refractivity contribution in [3.8, 4) is 0 Å². The minimum absolute atomic E-state index is 0.227. The van der Waals surface area contributed by atoms with Gasteiger partial charge in [-0.15, -0.1) is 0 Å². The molecule has 6 heteroatoms. The van der Waals surface area contributed by atoms with Gasteiger partial charge >= 0.3 is 0 Å². The average Bonchev–Trinajstić information content (AvgIpc) is 2.78. The monoisotopic (exact) mass is 359 g/mol. The highest BCUT2D eigenvalue weighted by molar-refractivity contribution is 9.10. The van der Waals surface area contributed by atoms with Crippen molar-refractivity contribution in [2.24, 2.45) is 5.92 Å². The van der Waals surface area contributed by atoms with Crippen molar-refractivity contribution in [1.82, 2.24) is 14.7 Å². The third kappa shape index (κ3) is 4.33. The summed E-state index contributed by atoms with van der Waals surface area (Å²) in [5, 5.41) is 4.32. The molecule has 1 saturated heterocycles. The number of carbonyl (C=O) groups is 1. The normalized spacial score (nSPS) is 16.8. The fourth-order valence-electron chi connectivity index (χ4n) is 2.41. The summed E-state index contributed by atoms with van der Waals surface area (Å²) in [7, 11) is 4.06. The summed E-state index contributed by atoms with van der Waals surface area (Å²) in [5.74, 6) is 3.16. The van der Waals surface area contributed by atoms with Gasteiger partial charge < -0.3 is 4.90 Å². The molecule has 0 saturated carbocycles. The number of hydrogen-bond donors (Lipinski definition) is 0. The molecule has 0 amide bonds. The lowest BCUT2D eigenvalue weighted by Gasteiger charge is -2.20. The number of halogens is 1. The molecule has 20 heavy (non-hydrogen) atoms. The molecule has 0 bridgehead atoms. The molecule has 4 nitrogen and oxygen atoms in total. The summed E-state index contributed by atoms with van der Waals surface area (Å²) in [4.78, 5) is 14.6. The van der Waals surface area contributed by atoms with Crippen LogP contribution in [-0.4, -0.2) is 52.6 Å². The molecule has 1 aromatic heterocycles. The minimum atomic E-state index is 0.227. The Kier molecular flexibility index (Phi) is 6.11. The molecule has 2 rings (SSSR count). The quantitative estimate of drug-likeness (QED) is 0.732. The summed E-state index contributed by atoms with van der Waals surface area (Å²) in [5.41, 5.74) is 0.741. The molecule has 1 aromatic rings. The predicted molar refractivity (Wildman–Crippen MR) is 87.5 cm³/mol. The Morgan fingerprint density at radius 3 is 2.85 bits per heavy atom. The van der Waals surface area contributed by atoms with E-state index < -0.39 is 0 Å². The van der Waals surface area contributed by atoms with Gasteiger partial charge in [0, 0.05) is 13.0 Å². The van der Waals surface area contributed by atoms with Gasteiger partial charge in [0.25, 0.3) is 0 Å². The predicted octanol–water partition coefficient (Wildman–Crippen LogP) is 2.92. The molecule has 0 spiro atoms. The van der Waals surface area contributed by atoms with Crippen LogP contribution in [0.15, 0.2) is 10.7 Å². The maximum absolute atomic E-state index is 12.5. The molecule has 0 aliphatic carbocycles. The standard InChI is InChI=1S/C14H22BrN3OS/c1-17(2)5-6-18-14(12(15)10-16-18)13(19)9-11-3-7-20-8-4-11/h10-11H,3-9H2,1-2H3. The minimum Gasteiger partial charge on any atom is -0.308 e. The smallest absolute Gasteiger partial charge is 0.182 e. The first kappa shape index (κ1) is 16.0. The molecule has 0 N–H and O–H groups in total. The maximum Gasteiger partial charge on any atom is 0.182 e. The topological polar surface area (TPSA) is 38.1 Å². The van der Waals surface area contributed by atoms with E-state index in [1.807, 2.05) is 30.5 Å². The number of ketones is 1. The van der Waals surface area contributed by atoms with E-state index in [4.69, 9.17) is 0 Å². The van der Waals surface area contributed by atoms with Crippen LogP contribution in [0.3, 0.4) is 0 Å². The van der Waals surface area contributed by atoms with Gasteiger partial charge in [0.15, 0.2) is 5.78 Å². The molecule has 0 unspecified atom stereocenters. The summed E-state index contributed by atoms with van der Waals surface area (Å²) >= 11 is 5.46. The van der Waals surface area contributed by atoms with E-state index in [9.17, 15) is 4.79 Å². The zero-order chi connectivity index (χ0) is 14.5. The van der Waals surface area contributed by atoms with Crippen LogP contribution >= 0.6 is 27.7 Å². The second kappa shape index (κ2) is 7.61. The van der Waals surface area contributed by atoms with Crippen LogP contribution in [0.5, 0.6) is 0 Å². The van der Waals surface area contributed by atoms with Crippen LogP contribution in [0, 0.1) is 5.92 Å². The van der Waals surface area contributed by atoms with Gasteiger partial charge in [-0.3, -0.25) is 9.48 Å². The molecule has 1 aliphatic heterocycles. The lowest BCUT2D eigenvalue weighted by atomic mass is 9.95. The Labute approximate surface area is 133 Å². The van der Waals surface area contributed by atoms with E-state index in [1.54, 1.807) is 6.20 Å². The summed E-state index contributed by atoms with van der Waals surface area (Å²) in [6.07, 6.45) is 4.73. The molecular weight excluding hydrogens is 338 g/mol. The Bertz CT molecular complexity index is 455. The van der Waals surface area contributed by atoms with Gasteiger partial charge in [0.05, 0.1) is 17.2 Å². The van der Waals surface area contributed by atoms with Crippen LogP contribution in [0.1, 0.15) is 29.8 Å². The van der Waals surface area contributed by atoms with Crippen LogP contribution < -0.4 is 0 Å². The van der Waals surface area contributed by atoms with Crippen molar-refractivity contribution in [2.75, 3.05) is 32.1 Å². The van der Waals surface area contributed by atoms with Crippen molar-refractivity contribution in [3.05, 3.63) is 16.4 Å². The number of carbonyl (C=O) groups excluding carboxylic acids is 1. The maximum atomic E-state index is 12.5. The first-order valence-corrected chi connectivity index (χ1v) is 8.99. The third-order valence-corrected chi connectivity index (χ3v) is 5.26. The highest BCUT2D eigenvalue weighted by atomic mass is 79.9. The van der Waals surface area contributed by atoms with E-state index in [1.165, 1.54) is 24.3 Å². The van der Waals surface area contributed by atoms with Crippen molar-refractivity contribution >= 4 is 33.5 Å². The second-order valence-corrected chi connectivity index (χ2v) is 7.63. The van der Waals surface area contributed by atoms with Gasteiger partial charge in [-0.1, -0.05) is 0 Å². The van der Waals surface area contributed by atoms with E-state index in [2.05, 4.69) is 25.9 Å². The molecule has 0 atom stereocenters. The molecule has 1 aliphatic rings. The third-order valence-electron chi connectivity index (χ3n) is 3.63. The van der Waals surface area contributed by atoms with E-state index in [-0.39, 0.29) is 5.78 Å². The van der Waals surface area contributed by atoms with Crippen LogP contribution in [0.25, 0.3) is 0 Å². The van der Waals surface area contributed by atoms with Gasteiger partial charge in [0.1, 0.15) is 5.69 Å². The second-order valence-electron chi connectivity index (χ2n) is 5.55. The van der Waals surface area contributed by atoms with E-state index >= 15 is 0 Å². The Hall–Kier alpha value is -0.330. The zero-order valence-corrected chi connectivity index (χ0v) is 14.5. The van der Waals surface area contributed by atoms with Crippen LogP contribution in [-0.2, 0) is 6.54 Å². The van der Waals surface area contributed by atoms with Crippen molar-refractivity contribution in [1.29, 1.82) is 0 Å². The number of aromatic nitrogens is 2. The lowest BCUT2D eigenvalue weighted by molar-refractivity contribution is 0.0946. The molecule has 2 heterocycles. The lowest BCUT2D eigenvalue weighted by Crippen LogP contribution is -2.22. The zero-order valence-electron chi connectivity index (χ0n) is 12.1. The van der Waals surface area contributed by atoms with Crippen molar-refractivity contribution in [2.45, 2.75) is 25.8 Å². The van der Waals surface area contributed by atoms with Gasteiger partial charge in [-0.25, -0.2) is 0 Å². The molecule has 0 radical (unpaired) electrons. The molecule has 0 aromatic carbocycles. The highest BCUT2D eigenvalue weighted by Crippen LogP contribution is 2.28. The van der Waals surface area contributed by atoms with Crippen molar-refractivity contribution in [3.63, 3.8) is 0 Å². The molecule has 112 valence electrons. The Morgan fingerprint density at radius 2 is 2.20 bits per heavy atom. The fraction of sp³-hybridized carbons (Fsp3) is 0.714. The van der Waals surface area contributed by atoms with E-state index in [0.29, 0.717) is 12.3 Å². The number of rotatable bonds is 6. The van der Waals surface area contributed by atoms with Gasteiger partial charge in [-0.05, 0) is 60.3 Å². The number of likely N-dealkylation sites (N-methyl/N-ethyl adjacent to an activating group) is 1. The average molecular weight is 360 g/mol. The molecule has 1 fully saturated rings. The van der Waals surface area contributed by atoms with Crippen LogP contribution in [0.4, 0.5) is 0 Å². The summed E-state index contributed by atoms with van der Waals surface area (Å²) < 4.78 is 2.66. The number of nitrogens with zero attached hydrogens (tertiary/aromatic N) is 3. The summed E-state index contributed by atoms with van der Waals surface area (Å²) in [6.45, 7) is 1.63. The van der Waals surface area contributed by atoms with Gasteiger partial charge in [-0.2, -0.15) is 16.9 Å².